The van der Waals surface area contributed by atoms with E-state index in [0.717, 1.165) is 31.8 Å². The zero-order valence-corrected chi connectivity index (χ0v) is 11.7. The van der Waals surface area contributed by atoms with Gasteiger partial charge in [0.15, 0.2) is 0 Å². The highest BCUT2D eigenvalue weighted by Crippen LogP contribution is 2.27. The number of imidazole rings is 1. The zero-order valence-electron chi connectivity index (χ0n) is 11.7. The van der Waals surface area contributed by atoms with Gasteiger partial charge in [-0.15, -0.1) is 0 Å². The minimum absolute atomic E-state index is 0.0330. The van der Waals surface area contributed by atoms with Crippen molar-refractivity contribution in [1.82, 2.24) is 19.9 Å². The van der Waals surface area contributed by atoms with Crippen LogP contribution in [0.5, 0.6) is 0 Å². The predicted molar refractivity (Wildman–Crippen MR) is 76.0 cm³/mol. The van der Waals surface area contributed by atoms with Crippen LogP contribution in [0.15, 0.2) is 36.9 Å². The molecule has 1 fully saturated rings. The van der Waals surface area contributed by atoms with Crippen molar-refractivity contribution < 1.29 is 4.74 Å². The van der Waals surface area contributed by atoms with Gasteiger partial charge < -0.3 is 14.6 Å². The van der Waals surface area contributed by atoms with E-state index in [-0.39, 0.29) is 6.10 Å². The first kappa shape index (κ1) is 13.3. The van der Waals surface area contributed by atoms with E-state index in [1.807, 2.05) is 48.5 Å². The number of hydrogen-bond donors (Lipinski definition) is 1. The van der Waals surface area contributed by atoms with Gasteiger partial charge in [0.2, 0.25) is 0 Å². The third-order valence-electron chi connectivity index (χ3n) is 3.75. The summed E-state index contributed by atoms with van der Waals surface area (Å²) in [6.07, 6.45) is 9.68. The number of nitrogens with zero attached hydrogens (tertiary/aromatic N) is 3. The summed E-state index contributed by atoms with van der Waals surface area (Å²) < 4.78 is 7.98. The van der Waals surface area contributed by atoms with Crippen LogP contribution in [-0.4, -0.2) is 27.2 Å². The minimum Gasteiger partial charge on any atom is -0.369 e. The Hall–Kier alpha value is -1.72. The minimum atomic E-state index is 0.0330. The Morgan fingerprint density at radius 2 is 2.20 bits per heavy atom. The maximum Gasteiger partial charge on any atom is 0.139 e. The molecule has 3 heterocycles. The van der Waals surface area contributed by atoms with Crippen molar-refractivity contribution in [2.45, 2.75) is 31.5 Å². The van der Waals surface area contributed by atoms with Crippen LogP contribution in [0.4, 0.5) is 0 Å². The van der Waals surface area contributed by atoms with Gasteiger partial charge >= 0.3 is 0 Å². The fraction of sp³-hybridized carbons (Fsp3) is 0.467. The second-order valence-electron chi connectivity index (χ2n) is 5.17. The van der Waals surface area contributed by atoms with Gasteiger partial charge in [0.1, 0.15) is 11.9 Å². The molecule has 3 rings (SSSR count). The monoisotopic (exact) mass is 272 g/mol. The molecule has 2 aromatic rings. The molecule has 0 spiro atoms. The topological polar surface area (TPSA) is 52.0 Å². The quantitative estimate of drug-likeness (QED) is 0.922. The lowest BCUT2D eigenvalue weighted by molar-refractivity contribution is -0.0178. The number of nitrogens with one attached hydrogen (secondary N) is 1. The van der Waals surface area contributed by atoms with E-state index in [0.29, 0.717) is 6.04 Å². The van der Waals surface area contributed by atoms with Crippen LogP contribution in [0.1, 0.15) is 30.3 Å². The van der Waals surface area contributed by atoms with Crippen LogP contribution in [-0.2, 0) is 18.3 Å². The molecule has 0 radical (unpaired) electrons. The summed E-state index contributed by atoms with van der Waals surface area (Å²) in [6.45, 7) is 1.64. The third kappa shape index (κ3) is 2.89. The van der Waals surface area contributed by atoms with Crippen LogP contribution in [0.3, 0.4) is 0 Å². The maximum absolute atomic E-state index is 5.95. The Kier molecular flexibility index (Phi) is 4.08. The summed E-state index contributed by atoms with van der Waals surface area (Å²) in [6, 6.07) is 4.37. The molecule has 0 amide bonds. The van der Waals surface area contributed by atoms with E-state index >= 15 is 0 Å². The average molecular weight is 272 g/mol. The molecule has 1 aliphatic heterocycles. The maximum atomic E-state index is 5.95. The predicted octanol–water partition coefficient (Wildman–Crippen LogP) is 1.82. The van der Waals surface area contributed by atoms with Gasteiger partial charge in [-0.05, 0) is 30.5 Å². The second-order valence-corrected chi connectivity index (χ2v) is 5.17. The number of ether oxygens (including phenoxy) is 1. The van der Waals surface area contributed by atoms with Gasteiger partial charge in [-0.1, -0.05) is 0 Å². The molecule has 2 atom stereocenters. The van der Waals surface area contributed by atoms with Crippen LogP contribution in [0.2, 0.25) is 0 Å². The fourth-order valence-corrected chi connectivity index (χ4v) is 2.65. The molecule has 0 bridgehead atoms. The molecule has 0 aliphatic carbocycles. The molecular formula is C15H20N4O. The van der Waals surface area contributed by atoms with Crippen molar-refractivity contribution in [3.05, 3.63) is 48.3 Å². The van der Waals surface area contributed by atoms with Crippen LogP contribution >= 0.6 is 0 Å². The SMILES string of the molecule is Cn1ccnc1[C@H]1OCCC[C@@H]1NCc1ccncc1. The van der Waals surface area contributed by atoms with Gasteiger partial charge in [0.25, 0.3) is 0 Å². The number of rotatable bonds is 4. The second kappa shape index (κ2) is 6.15. The van der Waals surface area contributed by atoms with E-state index < -0.39 is 0 Å². The van der Waals surface area contributed by atoms with Crippen molar-refractivity contribution in [2.75, 3.05) is 6.61 Å². The van der Waals surface area contributed by atoms with Crippen molar-refractivity contribution in [3.63, 3.8) is 0 Å². The molecule has 106 valence electrons. The first-order chi connectivity index (χ1) is 9.84. The Balaban J connectivity index is 1.68. The van der Waals surface area contributed by atoms with Gasteiger partial charge in [-0.3, -0.25) is 4.98 Å². The van der Waals surface area contributed by atoms with Crippen LogP contribution in [0, 0.1) is 0 Å². The van der Waals surface area contributed by atoms with E-state index in [2.05, 4.69) is 15.3 Å². The summed E-state index contributed by atoms with van der Waals surface area (Å²) >= 11 is 0. The summed E-state index contributed by atoms with van der Waals surface area (Å²) in [4.78, 5) is 8.47. The van der Waals surface area contributed by atoms with E-state index in [1.165, 1.54) is 5.56 Å². The standard InChI is InChI=1S/C15H20N4O/c1-19-9-8-17-15(19)14-13(3-2-10-20-14)18-11-12-4-6-16-7-5-12/h4-9,13-14,18H,2-3,10-11H2,1H3/t13-,14-/m0/s1. The highest BCUT2D eigenvalue weighted by molar-refractivity contribution is 5.10. The number of pyridine rings is 1. The number of aromatic nitrogens is 3. The van der Waals surface area contributed by atoms with Crippen LogP contribution in [0.25, 0.3) is 0 Å². The van der Waals surface area contributed by atoms with Crippen molar-refractivity contribution in [2.24, 2.45) is 7.05 Å². The molecule has 20 heavy (non-hydrogen) atoms. The summed E-state index contributed by atoms with van der Waals surface area (Å²) in [5, 5.41) is 3.60. The Labute approximate surface area is 119 Å². The normalized spacial score (nSPS) is 22.9. The molecule has 5 nitrogen and oxygen atoms in total. The molecular weight excluding hydrogens is 252 g/mol. The van der Waals surface area contributed by atoms with Crippen molar-refractivity contribution in [1.29, 1.82) is 0 Å². The number of hydrogen-bond acceptors (Lipinski definition) is 4. The molecule has 0 aromatic carbocycles. The highest BCUT2D eigenvalue weighted by atomic mass is 16.5. The van der Waals surface area contributed by atoms with E-state index in [4.69, 9.17) is 4.74 Å². The third-order valence-corrected chi connectivity index (χ3v) is 3.75. The molecule has 1 saturated heterocycles. The van der Waals surface area contributed by atoms with Gasteiger partial charge in [0.05, 0.1) is 0 Å². The molecule has 0 saturated carbocycles. The first-order valence-electron chi connectivity index (χ1n) is 7.05. The van der Waals surface area contributed by atoms with Crippen LogP contribution < -0.4 is 5.32 Å². The number of aryl methyl sites for hydroxylation is 1. The van der Waals surface area contributed by atoms with Gasteiger partial charge in [-0.25, -0.2) is 4.98 Å². The summed E-state index contributed by atoms with van der Waals surface area (Å²) in [7, 11) is 2.01. The Morgan fingerprint density at radius 1 is 1.35 bits per heavy atom. The molecule has 5 heteroatoms. The molecule has 0 unspecified atom stereocenters. The van der Waals surface area contributed by atoms with Crippen molar-refractivity contribution in [3.8, 4) is 0 Å². The van der Waals surface area contributed by atoms with Crippen molar-refractivity contribution >= 4 is 0 Å². The fourth-order valence-electron chi connectivity index (χ4n) is 2.65. The summed E-state index contributed by atoms with van der Waals surface area (Å²) in [5.74, 6) is 0.997. The molecule has 2 aromatic heterocycles. The van der Waals surface area contributed by atoms with E-state index in [1.54, 1.807) is 0 Å². The lowest BCUT2D eigenvalue weighted by Crippen LogP contribution is -2.40. The Bertz CT molecular complexity index is 540. The average Bonchev–Trinajstić information content (AvgIpc) is 2.92. The van der Waals surface area contributed by atoms with E-state index in [9.17, 15) is 0 Å². The molecule has 1 N–H and O–H groups in total. The molecule has 1 aliphatic rings. The van der Waals surface area contributed by atoms with Gasteiger partial charge in [0, 0.05) is 51.0 Å². The summed E-state index contributed by atoms with van der Waals surface area (Å²) in [5.41, 5.74) is 1.24. The lowest BCUT2D eigenvalue weighted by Gasteiger charge is -2.32. The smallest absolute Gasteiger partial charge is 0.139 e. The zero-order chi connectivity index (χ0) is 13.8. The Morgan fingerprint density at radius 3 is 2.95 bits per heavy atom. The lowest BCUT2D eigenvalue weighted by atomic mass is 10.0. The van der Waals surface area contributed by atoms with Gasteiger partial charge in [-0.2, -0.15) is 0 Å². The first-order valence-corrected chi connectivity index (χ1v) is 7.05. The highest BCUT2D eigenvalue weighted by Gasteiger charge is 2.29. The largest absolute Gasteiger partial charge is 0.369 e.